The molecule has 4 aromatic rings. The minimum Gasteiger partial charge on any atom is -0.371 e. The first-order valence-corrected chi connectivity index (χ1v) is 8.55. The van der Waals surface area contributed by atoms with Crippen LogP contribution < -0.4 is 0 Å². The molecule has 0 saturated heterocycles. The maximum Gasteiger partial charge on any atom is 0.174 e. The zero-order valence-electron chi connectivity index (χ0n) is 13.4. The van der Waals surface area contributed by atoms with Crippen LogP contribution in [0.4, 0.5) is 0 Å². The average Bonchev–Trinajstić information content (AvgIpc) is 3.33. The number of benzene rings is 1. The number of hydrogen-bond acceptors (Lipinski definition) is 5. The molecule has 122 valence electrons. The summed E-state index contributed by atoms with van der Waals surface area (Å²) in [6.45, 7) is 1.65. The topological polar surface area (TPSA) is 74.7 Å². The molecule has 0 amide bonds. The van der Waals surface area contributed by atoms with Crippen molar-refractivity contribution in [2.45, 2.75) is 12.5 Å². The lowest BCUT2D eigenvalue weighted by atomic mass is 10.0. The largest absolute Gasteiger partial charge is 0.371 e. The Morgan fingerprint density at radius 2 is 2.12 bits per heavy atom. The van der Waals surface area contributed by atoms with Gasteiger partial charge < -0.3 is 5.11 Å². The molecule has 0 aliphatic rings. The van der Waals surface area contributed by atoms with Crippen LogP contribution in [0.1, 0.15) is 17.5 Å². The summed E-state index contributed by atoms with van der Waals surface area (Å²) in [4.78, 5) is 8.55. The number of nitrogens with one attached hydrogen (secondary N) is 1. The highest BCUT2D eigenvalue weighted by molar-refractivity contribution is 7.09. The highest BCUT2D eigenvalue weighted by atomic mass is 32.1. The Bertz CT molecular complexity index is 1070. The molecule has 1 unspecified atom stereocenters. The van der Waals surface area contributed by atoms with E-state index < -0.39 is 5.60 Å². The maximum absolute atomic E-state index is 10.5. The fraction of sp³-hybridized carbons (Fsp3) is 0.105. The Kier molecular flexibility index (Phi) is 3.80. The molecule has 0 aliphatic heterocycles. The number of aliphatic hydroxyl groups is 1. The van der Waals surface area contributed by atoms with Gasteiger partial charge in [0.15, 0.2) is 5.60 Å². The molecule has 1 aromatic carbocycles. The molecule has 0 fully saturated rings. The average molecular weight is 346 g/mol. The van der Waals surface area contributed by atoms with Crippen molar-refractivity contribution >= 4 is 22.2 Å². The van der Waals surface area contributed by atoms with E-state index in [9.17, 15) is 5.11 Å². The van der Waals surface area contributed by atoms with Crippen molar-refractivity contribution in [1.82, 2.24) is 20.2 Å². The zero-order valence-corrected chi connectivity index (χ0v) is 14.2. The van der Waals surface area contributed by atoms with Crippen LogP contribution in [-0.4, -0.2) is 25.3 Å². The third-order valence-corrected chi connectivity index (χ3v) is 4.83. The summed E-state index contributed by atoms with van der Waals surface area (Å²) >= 11 is 1.38. The number of aromatic nitrogens is 4. The number of pyridine rings is 1. The van der Waals surface area contributed by atoms with Gasteiger partial charge in [-0.1, -0.05) is 11.8 Å². The van der Waals surface area contributed by atoms with E-state index in [1.165, 1.54) is 11.3 Å². The van der Waals surface area contributed by atoms with Crippen LogP contribution >= 0.6 is 11.3 Å². The molecule has 3 heterocycles. The lowest BCUT2D eigenvalue weighted by Gasteiger charge is -2.12. The third-order valence-electron chi connectivity index (χ3n) is 3.85. The van der Waals surface area contributed by atoms with Gasteiger partial charge in [-0.2, -0.15) is 5.10 Å². The van der Waals surface area contributed by atoms with Gasteiger partial charge in [-0.15, -0.1) is 11.3 Å². The Hall–Kier alpha value is -3.01. The highest BCUT2D eigenvalue weighted by Crippen LogP contribution is 2.27. The number of thiazole rings is 1. The SMILES string of the molecule is CC(O)(C#Cc1ccc2nccc(-c3cn[nH]c3)c2c1)c1nccs1. The molecule has 6 heteroatoms. The van der Waals surface area contributed by atoms with Crippen molar-refractivity contribution in [1.29, 1.82) is 0 Å². The number of nitrogens with zero attached hydrogens (tertiary/aromatic N) is 3. The number of fused-ring (bicyclic) bond motifs is 1. The fourth-order valence-electron chi connectivity index (χ4n) is 2.59. The maximum atomic E-state index is 10.5. The summed E-state index contributed by atoms with van der Waals surface area (Å²) in [5, 5.41) is 20.7. The zero-order chi connectivity index (χ0) is 17.3. The van der Waals surface area contributed by atoms with Gasteiger partial charge in [-0.3, -0.25) is 10.1 Å². The summed E-state index contributed by atoms with van der Waals surface area (Å²) in [6, 6.07) is 7.77. The van der Waals surface area contributed by atoms with E-state index in [2.05, 4.69) is 32.0 Å². The molecule has 0 radical (unpaired) electrons. The summed E-state index contributed by atoms with van der Waals surface area (Å²) in [5.74, 6) is 5.96. The van der Waals surface area contributed by atoms with Crippen molar-refractivity contribution in [2.75, 3.05) is 0 Å². The molecular formula is C19H14N4OS. The van der Waals surface area contributed by atoms with Gasteiger partial charge in [0.25, 0.3) is 0 Å². The summed E-state index contributed by atoms with van der Waals surface area (Å²) in [5.41, 5.74) is 2.45. The standard InChI is InChI=1S/C19H14N4OS/c1-19(24,18-21-8-9-25-18)6-4-13-2-3-17-16(10-13)15(5-7-20-17)14-11-22-23-12-14/h2-3,5,7-12,24H,1H3,(H,22,23). The number of rotatable bonds is 2. The van der Waals surface area contributed by atoms with Crippen LogP contribution in [0.25, 0.3) is 22.0 Å². The first-order valence-electron chi connectivity index (χ1n) is 7.67. The molecule has 4 rings (SSSR count). The van der Waals surface area contributed by atoms with Crippen molar-refractivity contribution in [3.05, 3.63) is 65.0 Å². The third kappa shape index (κ3) is 3.03. The van der Waals surface area contributed by atoms with E-state index in [1.807, 2.05) is 35.8 Å². The van der Waals surface area contributed by atoms with Gasteiger partial charge in [0.05, 0.1) is 11.7 Å². The van der Waals surface area contributed by atoms with Crippen molar-refractivity contribution in [3.8, 4) is 23.0 Å². The molecule has 5 nitrogen and oxygen atoms in total. The minimum atomic E-state index is -1.27. The van der Waals surface area contributed by atoms with Crippen LogP contribution in [0.15, 0.2) is 54.4 Å². The molecule has 1 atom stereocenters. The van der Waals surface area contributed by atoms with Crippen LogP contribution in [0.3, 0.4) is 0 Å². The second kappa shape index (κ2) is 6.13. The van der Waals surface area contributed by atoms with Gasteiger partial charge in [-0.05, 0) is 36.8 Å². The fourth-order valence-corrected chi connectivity index (χ4v) is 3.24. The number of hydrogen-bond donors (Lipinski definition) is 2. The Labute approximate surface area is 148 Å². The molecular weight excluding hydrogens is 332 g/mol. The van der Waals surface area contributed by atoms with Crippen molar-refractivity contribution in [2.24, 2.45) is 0 Å². The van der Waals surface area contributed by atoms with Crippen LogP contribution in [0.2, 0.25) is 0 Å². The molecule has 0 aliphatic carbocycles. The van der Waals surface area contributed by atoms with E-state index in [0.29, 0.717) is 5.01 Å². The molecule has 0 bridgehead atoms. The summed E-state index contributed by atoms with van der Waals surface area (Å²) in [6.07, 6.45) is 7.07. The number of H-pyrrole nitrogens is 1. The van der Waals surface area contributed by atoms with Crippen LogP contribution in [-0.2, 0) is 5.60 Å². The van der Waals surface area contributed by atoms with E-state index >= 15 is 0 Å². The highest BCUT2D eigenvalue weighted by Gasteiger charge is 2.22. The van der Waals surface area contributed by atoms with Gasteiger partial charge in [0, 0.05) is 40.5 Å². The quantitative estimate of drug-likeness (QED) is 0.546. The van der Waals surface area contributed by atoms with Gasteiger partial charge in [0.1, 0.15) is 5.01 Å². The van der Waals surface area contributed by atoms with E-state index in [-0.39, 0.29) is 0 Å². The van der Waals surface area contributed by atoms with Gasteiger partial charge in [-0.25, -0.2) is 4.98 Å². The lowest BCUT2D eigenvalue weighted by molar-refractivity contribution is 0.122. The molecule has 25 heavy (non-hydrogen) atoms. The molecule has 3 aromatic heterocycles. The Balaban J connectivity index is 1.78. The van der Waals surface area contributed by atoms with Crippen molar-refractivity contribution < 1.29 is 5.11 Å². The van der Waals surface area contributed by atoms with Crippen LogP contribution in [0, 0.1) is 11.8 Å². The van der Waals surface area contributed by atoms with E-state index in [4.69, 9.17) is 0 Å². The van der Waals surface area contributed by atoms with E-state index in [1.54, 1.807) is 25.5 Å². The molecule has 0 spiro atoms. The van der Waals surface area contributed by atoms with Crippen molar-refractivity contribution in [3.63, 3.8) is 0 Å². The monoisotopic (exact) mass is 346 g/mol. The van der Waals surface area contributed by atoms with Gasteiger partial charge in [0.2, 0.25) is 0 Å². The Morgan fingerprint density at radius 3 is 2.88 bits per heavy atom. The lowest BCUT2D eigenvalue weighted by Crippen LogP contribution is -2.17. The second-order valence-electron chi connectivity index (χ2n) is 5.74. The normalized spacial score (nSPS) is 13.2. The molecule has 0 saturated carbocycles. The van der Waals surface area contributed by atoms with Crippen LogP contribution in [0.5, 0.6) is 0 Å². The van der Waals surface area contributed by atoms with E-state index in [0.717, 1.165) is 27.6 Å². The summed E-state index contributed by atoms with van der Waals surface area (Å²) < 4.78 is 0. The smallest absolute Gasteiger partial charge is 0.174 e. The predicted molar refractivity (Wildman–Crippen MR) is 97.9 cm³/mol. The first-order chi connectivity index (χ1) is 12.1. The first kappa shape index (κ1) is 15.5. The molecule has 2 N–H and O–H groups in total. The second-order valence-corrected chi connectivity index (χ2v) is 6.63. The minimum absolute atomic E-state index is 0.585. The Morgan fingerprint density at radius 1 is 1.20 bits per heavy atom. The van der Waals surface area contributed by atoms with Gasteiger partial charge >= 0.3 is 0 Å². The summed E-state index contributed by atoms with van der Waals surface area (Å²) in [7, 11) is 0. The number of aromatic amines is 1. The predicted octanol–water partition coefficient (Wildman–Crippen LogP) is 3.34.